The topological polar surface area (TPSA) is 56.7 Å². The van der Waals surface area contributed by atoms with Crippen molar-refractivity contribution >= 4 is 0 Å². The zero-order valence-electron chi connectivity index (χ0n) is 11.2. The van der Waals surface area contributed by atoms with Gasteiger partial charge in [-0.1, -0.05) is 30.3 Å². The minimum absolute atomic E-state index is 0.132. The summed E-state index contributed by atoms with van der Waals surface area (Å²) in [5, 5.41) is 4.19. The van der Waals surface area contributed by atoms with Crippen LogP contribution in [-0.4, -0.2) is 20.9 Å². The summed E-state index contributed by atoms with van der Waals surface area (Å²) < 4.78 is 39.8. The third-order valence-corrected chi connectivity index (χ3v) is 3.68. The van der Waals surface area contributed by atoms with Gasteiger partial charge < -0.3 is 5.73 Å². The largest absolute Gasteiger partial charge is 0.393 e. The summed E-state index contributed by atoms with van der Waals surface area (Å²) in [5.74, 6) is -0.498. The second-order valence-electron chi connectivity index (χ2n) is 5.31. The van der Waals surface area contributed by atoms with Crippen LogP contribution in [0.25, 0.3) is 0 Å². The number of nitrogens with two attached hydrogens (primary N) is 1. The molecule has 0 spiro atoms. The molecule has 21 heavy (non-hydrogen) atoms. The quantitative estimate of drug-likeness (QED) is 0.926. The molecule has 1 aliphatic rings. The summed E-state index contributed by atoms with van der Waals surface area (Å²) >= 11 is 0. The molecule has 2 atom stereocenters. The normalized spacial score (nSPS) is 22.1. The van der Waals surface area contributed by atoms with Crippen LogP contribution in [0.4, 0.5) is 13.2 Å². The highest BCUT2D eigenvalue weighted by Gasteiger charge is 2.44. The molecule has 2 heterocycles. The number of hydrogen-bond donors (Lipinski definition) is 1. The van der Waals surface area contributed by atoms with Crippen LogP contribution < -0.4 is 5.73 Å². The molecular weight excluding hydrogens is 281 g/mol. The summed E-state index contributed by atoms with van der Waals surface area (Å²) in [6.45, 7) is -0.200. The van der Waals surface area contributed by atoms with Crippen LogP contribution in [0, 0.1) is 5.92 Å². The number of alkyl halides is 3. The third kappa shape index (κ3) is 2.92. The predicted octanol–water partition coefficient (Wildman–Crippen LogP) is 2.45. The van der Waals surface area contributed by atoms with E-state index >= 15 is 0 Å². The van der Waals surface area contributed by atoms with Gasteiger partial charge >= 0.3 is 6.18 Å². The maximum atomic E-state index is 12.8. The molecule has 112 valence electrons. The van der Waals surface area contributed by atoms with Crippen LogP contribution >= 0.6 is 0 Å². The van der Waals surface area contributed by atoms with Crippen molar-refractivity contribution < 1.29 is 13.2 Å². The Morgan fingerprint density at radius 1 is 1.24 bits per heavy atom. The van der Waals surface area contributed by atoms with Gasteiger partial charge in [-0.15, -0.1) is 0 Å². The van der Waals surface area contributed by atoms with E-state index in [-0.39, 0.29) is 13.0 Å². The molecule has 2 aromatic rings. The monoisotopic (exact) mass is 296 g/mol. The number of halogens is 3. The molecule has 0 amide bonds. The Labute approximate surface area is 119 Å². The zero-order chi connectivity index (χ0) is 15.0. The van der Waals surface area contributed by atoms with E-state index in [0.29, 0.717) is 18.1 Å². The fourth-order valence-electron chi connectivity index (χ4n) is 2.60. The van der Waals surface area contributed by atoms with Gasteiger partial charge in [0.05, 0.1) is 18.5 Å². The molecule has 0 saturated carbocycles. The second kappa shape index (κ2) is 5.14. The first kappa shape index (κ1) is 14.1. The van der Waals surface area contributed by atoms with E-state index in [0.717, 1.165) is 5.56 Å². The molecule has 0 bridgehead atoms. The number of nitrogens with zero attached hydrogens (tertiary/aromatic N) is 3. The van der Waals surface area contributed by atoms with Crippen LogP contribution in [-0.2, 0) is 13.0 Å². The Morgan fingerprint density at radius 2 is 1.95 bits per heavy atom. The molecule has 0 saturated heterocycles. The SMILES string of the molecule is NC1CC(C(F)(F)F)Cn2nc(Cc3ccccc3)nc21. The number of fused-ring (bicyclic) bond motifs is 1. The first-order chi connectivity index (χ1) is 9.93. The molecule has 0 fully saturated rings. The average molecular weight is 296 g/mol. The molecule has 1 aromatic heterocycles. The maximum Gasteiger partial charge on any atom is 0.393 e. The van der Waals surface area contributed by atoms with Gasteiger partial charge in [0.15, 0.2) is 5.82 Å². The predicted molar refractivity (Wildman–Crippen MR) is 70.4 cm³/mol. The fraction of sp³-hybridized carbons (Fsp3) is 0.429. The van der Waals surface area contributed by atoms with Crippen LogP contribution in [0.5, 0.6) is 0 Å². The summed E-state index contributed by atoms with van der Waals surface area (Å²) in [6, 6.07) is 8.84. The van der Waals surface area contributed by atoms with Crippen LogP contribution in [0.1, 0.15) is 29.7 Å². The molecule has 4 nitrogen and oxygen atoms in total. The van der Waals surface area contributed by atoms with Gasteiger partial charge in [0.2, 0.25) is 0 Å². The fourth-order valence-corrected chi connectivity index (χ4v) is 2.60. The number of hydrogen-bond acceptors (Lipinski definition) is 3. The van der Waals surface area contributed by atoms with Crippen LogP contribution in [0.15, 0.2) is 30.3 Å². The van der Waals surface area contributed by atoms with E-state index in [1.165, 1.54) is 4.68 Å². The Morgan fingerprint density at radius 3 is 2.62 bits per heavy atom. The first-order valence-corrected chi connectivity index (χ1v) is 6.73. The van der Waals surface area contributed by atoms with Gasteiger partial charge in [0, 0.05) is 6.42 Å². The van der Waals surface area contributed by atoms with E-state index < -0.39 is 18.1 Å². The van der Waals surface area contributed by atoms with E-state index in [1.807, 2.05) is 30.3 Å². The van der Waals surface area contributed by atoms with Crippen molar-refractivity contribution in [2.24, 2.45) is 11.7 Å². The molecule has 2 unspecified atom stereocenters. The lowest BCUT2D eigenvalue weighted by Gasteiger charge is -2.28. The van der Waals surface area contributed by atoms with Crippen molar-refractivity contribution in [2.75, 3.05) is 0 Å². The molecule has 0 radical (unpaired) electrons. The van der Waals surface area contributed by atoms with Gasteiger partial charge in [-0.2, -0.15) is 18.3 Å². The van der Waals surface area contributed by atoms with Gasteiger partial charge in [0.1, 0.15) is 5.82 Å². The van der Waals surface area contributed by atoms with Gasteiger partial charge in [0.25, 0.3) is 0 Å². The van der Waals surface area contributed by atoms with Crippen molar-refractivity contribution in [2.45, 2.75) is 31.6 Å². The smallest absolute Gasteiger partial charge is 0.321 e. The average Bonchev–Trinajstić information content (AvgIpc) is 2.82. The summed E-state index contributed by atoms with van der Waals surface area (Å²) in [5.41, 5.74) is 6.83. The lowest BCUT2D eigenvalue weighted by molar-refractivity contribution is -0.184. The lowest BCUT2D eigenvalue weighted by atomic mass is 9.96. The maximum absolute atomic E-state index is 12.8. The molecule has 7 heteroatoms. The highest BCUT2D eigenvalue weighted by Crippen LogP contribution is 2.37. The third-order valence-electron chi connectivity index (χ3n) is 3.68. The zero-order valence-corrected chi connectivity index (χ0v) is 11.2. The summed E-state index contributed by atoms with van der Waals surface area (Å²) in [7, 11) is 0. The summed E-state index contributed by atoms with van der Waals surface area (Å²) in [4.78, 5) is 4.30. The van der Waals surface area contributed by atoms with Crippen molar-refractivity contribution in [3.8, 4) is 0 Å². The van der Waals surface area contributed by atoms with E-state index in [2.05, 4.69) is 10.1 Å². The molecular formula is C14H15F3N4. The van der Waals surface area contributed by atoms with E-state index in [4.69, 9.17) is 5.73 Å². The van der Waals surface area contributed by atoms with Crippen molar-refractivity contribution in [1.29, 1.82) is 0 Å². The van der Waals surface area contributed by atoms with E-state index in [1.54, 1.807) is 0 Å². The number of rotatable bonds is 2. The standard InChI is InChI=1S/C14H15F3N4/c15-14(16,17)10-7-11(18)13-19-12(20-21(13)8-10)6-9-4-2-1-3-5-9/h1-5,10-11H,6-8,18H2. The highest BCUT2D eigenvalue weighted by atomic mass is 19.4. The summed E-state index contributed by atoms with van der Waals surface area (Å²) in [6.07, 6.45) is -3.89. The number of aromatic nitrogens is 3. The Bertz CT molecular complexity index is 621. The van der Waals surface area contributed by atoms with Crippen molar-refractivity contribution in [3.63, 3.8) is 0 Å². The molecule has 1 aromatic carbocycles. The number of benzene rings is 1. The van der Waals surface area contributed by atoms with Gasteiger partial charge in [-0.05, 0) is 12.0 Å². The molecule has 3 rings (SSSR count). The molecule has 1 aliphatic heterocycles. The van der Waals surface area contributed by atoms with Crippen molar-refractivity contribution in [1.82, 2.24) is 14.8 Å². The van der Waals surface area contributed by atoms with E-state index in [9.17, 15) is 13.2 Å². The second-order valence-corrected chi connectivity index (χ2v) is 5.31. The Hall–Kier alpha value is -1.89. The van der Waals surface area contributed by atoms with Crippen LogP contribution in [0.3, 0.4) is 0 Å². The molecule has 0 aliphatic carbocycles. The van der Waals surface area contributed by atoms with Crippen molar-refractivity contribution in [3.05, 3.63) is 47.5 Å². The Balaban J connectivity index is 1.83. The Kier molecular flexibility index (Phi) is 3.44. The van der Waals surface area contributed by atoms with Gasteiger partial charge in [-0.25, -0.2) is 9.67 Å². The first-order valence-electron chi connectivity index (χ1n) is 6.73. The minimum atomic E-state index is -4.25. The highest BCUT2D eigenvalue weighted by molar-refractivity contribution is 5.19. The lowest BCUT2D eigenvalue weighted by Crippen LogP contribution is -2.37. The minimum Gasteiger partial charge on any atom is -0.321 e. The van der Waals surface area contributed by atoms with Gasteiger partial charge in [-0.3, -0.25) is 0 Å². The van der Waals surface area contributed by atoms with Crippen LogP contribution in [0.2, 0.25) is 0 Å². The molecule has 2 N–H and O–H groups in total.